The van der Waals surface area contributed by atoms with E-state index < -0.39 is 11.9 Å². The topological polar surface area (TPSA) is 100 Å². The summed E-state index contributed by atoms with van der Waals surface area (Å²) in [7, 11) is 1.58. The summed E-state index contributed by atoms with van der Waals surface area (Å²) in [4.78, 5) is 16.8. The molecule has 1 aliphatic heterocycles. The van der Waals surface area contributed by atoms with Gasteiger partial charge in [-0.2, -0.15) is 5.26 Å². The molecule has 0 unspecified atom stereocenters. The first-order valence-electron chi connectivity index (χ1n) is 8.64. The summed E-state index contributed by atoms with van der Waals surface area (Å²) in [6, 6.07) is 16.6. The van der Waals surface area contributed by atoms with Crippen molar-refractivity contribution in [1.29, 1.82) is 5.26 Å². The van der Waals surface area contributed by atoms with E-state index in [9.17, 15) is 10.1 Å². The van der Waals surface area contributed by atoms with Gasteiger partial charge < -0.3 is 15.8 Å². The minimum absolute atomic E-state index is 0.409. The van der Waals surface area contributed by atoms with E-state index in [1.165, 1.54) is 11.8 Å². The average molecular weight is 392 g/mol. The van der Waals surface area contributed by atoms with Gasteiger partial charge in [-0.05, 0) is 24.6 Å². The lowest BCUT2D eigenvalue weighted by Crippen LogP contribution is -2.32. The summed E-state index contributed by atoms with van der Waals surface area (Å²) in [6.07, 6.45) is 0. The van der Waals surface area contributed by atoms with Crippen LogP contribution in [0.1, 0.15) is 29.7 Å². The molecule has 1 atom stereocenters. The summed E-state index contributed by atoms with van der Waals surface area (Å²) in [6.45, 7) is 1.81. The van der Waals surface area contributed by atoms with E-state index in [0.29, 0.717) is 33.5 Å². The maximum absolute atomic E-state index is 12.1. The van der Waals surface area contributed by atoms with E-state index in [4.69, 9.17) is 15.5 Å². The molecule has 3 N–H and O–H groups in total. The molecule has 0 aromatic heterocycles. The number of nitriles is 1. The van der Waals surface area contributed by atoms with Crippen LogP contribution in [0.5, 0.6) is 5.75 Å². The maximum Gasteiger partial charge on any atom is 0.248 e. The molecule has 0 saturated heterocycles. The van der Waals surface area contributed by atoms with Gasteiger partial charge in [0.05, 0.1) is 24.3 Å². The number of aliphatic imine (C=N–C) groups is 1. The molecule has 1 heterocycles. The van der Waals surface area contributed by atoms with Gasteiger partial charge >= 0.3 is 0 Å². The number of para-hydroxylation sites is 1. The number of primary amides is 1. The van der Waals surface area contributed by atoms with E-state index in [2.05, 4.69) is 11.4 Å². The molecule has 0 fully saturated rings. The minimum atomic E-state index is -0.552. The summed E-state index contributed by atoms with van der Waals surface area (Å²) in [5.74, 6) is 0.695. The number of ether oxygens (including phenoxy) is 1. The molecule has 0 spiro atoms. The first-order valence-corrected chi connectivity index (χ1v) is 9.62. The zero-order valence-electron chi connectivity index (χ0n) is 15.6. The van der Waals surface area contributed by atoms with Crippen molar-refractivity contribution in [2.24, 2.45) is 10.7 Å². The Kier molecular flexibility index (Phi) is 6.02. The number of thioether (sulfide) groups is 1. The lowest BCUT2D eigenvalue weighted by Gasteiger charge is -2.26. The second kappa shape index (κ2) is 8.63. The Morgan fingerprint density at radius 3 is 2.71 bits per heavy atom. The van der Waals surface area contributed by atoms with Crippen molar-refractivity contribution in [2.75, 3.05) is 7.11 Å². The largest absolute Gasteiger partial charge is 0.496 e. The van der Waals surface area contributed by atoms with Gasteiger partial charge in [-0.15, -0.1) is 0 Å². The summed E-state index contributed by atoms with van der Waals surface area (Å²) < 4.78 is 5.45. The Balaban J connectivity index is 1.93. The molecule has 28 heavy (non-hydrogen) atoms. The lowest BCUT2D eigenvalue weighted by molar-refractivity contribution is -0.114. The lowest BCUT2D eigenvalue weighted by atomic mass is 9.95. The minimum Gasteiger partial charge on any atom is -0.496 e. The highest BCUT2D eigenvalue weighted by Gasteiger charge is 2.29. The molecule has 7 heteroatoms. The molecule has 2 aromatic carbocycles. The van der Waals surface area contributed by atoms with Crippen LogP contribution in [-0.4, -0.2) is 18.2 Å². The smallest absolute Gasteiger partial charge is 0.248 e. The molecule has 0 aliphatic carbocycles. The van der Waals surface area contributed by atoms with Crippen LogP contribution in [0.2, 0.25) is 0 Å². The van der Waals surface area contributed by atoms with Crippen LogP contribution < -0.4 is 15.8 Å². The number of benzene rings is 2. The van der Waals surface area contributed by atoms with Crippen molar-refractivity contribution in [3.63, 3.8) is 0 Å². The summed E-state index contributed by atoms with van der Waals surface area (Å²) in [5.41, 5.74) is 9.04. The number of allylic oxidation sites excluding steroid dienone is 1. The molecule has 1 aliphatic rings. The van der Waals surface area contributed by atoms with Crippen LogP contribution in [-0.2, 0) is 10.5 Å². The van der Waals surface area contributed by atoms with Gasteiger partial charge in [0.2, 0.25) is 5.91 Å². The SMILES string of the molecule is COc1ccccc1[C@@H]1N=C(SCc2ccccc2C#N)NC(C)=C1C(N)=O. The number of nitrogens with two attached hydrogens (primary N) is 1. The predicted molar refractivity (Wildman–Crippen MR) is 111 cm³/mol. The Labute approximate surface area is 168 Å². The van der Waals surface area contributed by atoms with Crippen LogP contribution in [0.15, 0.2) is 64.8 Å². The zero-order chi connectivity index (χ0) is 20.1. The second-order valence-corrected chi connectivity index (χ2v) is 7.13. The highest BCUT2D eigenvalue weighted by atomic mass is 32.2. The third-order valence-corrected chi connectivity index (χ3v) is 5.36. The van der Waals surface area contributed by atoms with Crippen molar-refractivity contribution in [3.05, 3.63) is 76.5 Å². The molecule has 142 valence electrons. The maximum atomic E-state index is 12.1. The van der Waals surface area contributed by atoms with Gasteiger partial charge in [0.25, 0.3) is 0 Å². The number of nitrogens with zero attached hydrogens (tertiary/aromatic N) is 2. The summed E-state index contributed by atoms with van der Waals surface area (Å²) in [5, 5.41) is 13.1. The molecule has 1 amide bonds. The van der Waals surface area contributed by atoms with E-state index in [-0.39, 0.29) is 0 Å². The predicted octanol–water partition coefficient (Wildman–Crippen LogP) is 3.26. The number of amides is 1. The number of methoxy groups -OCH3 is 1. The normalized spacial score (nSPS) is 16.0. The number of amidine groups is 1. The second-order valence-electron chi connectivity index (χ2n) is 6.16. The van der Waals surface area contributed by atoms with Crippen molar-refractivity contribution in [2.45, 2.75) is 18.7 Å². The molecular weight excluding hydrogens is 372 g/mol. The number of rotatable bonds is 5. The van der Waals surface area contributed by atoms with Crippen LogP contribution in [0.4, 0.5) is 0 Å². The summed E-state index contributed by atoms with van der Waals surface area (Å²) >= 11 is 1.47. The highest BCUT2D eigenvalue weighted by molar-refractivity contribution is 8.13. The van der Waals surface area contributed by atoms with Crippen LogP contribution in [0.3, 0.4) is 0 Å². The Hall–Kier alpha value is -3.24. The quantitative estimate of drug-likeness (QED) is 0.813. The molecular formula is C21H20N4O2S. The molecule has 6 nitrogen and oxygen atoms in total. The van der Waals surface area contributed by atoms with Gasteiger partial charge in [0.15, 0.2) is 5.17 Å². The van der Waals surface area contributed by atoms with Crippen LogP contribution in [0, 0.1) is 11.3 Å². The van der Waals surface area contributed by atoms with Crippen molar-refractivity contribution in [1.82, 2.24) is 5.32 Å². The standard InChI is InChI=1S/C21H20N4O2S/c1-13-18(20(23)26)19(16-9-5-6-10-17(16)27-2)25-21(24-13)28-12-15-8-4-3-7-14(15)11-22/h3-10,19H,12H2,1-2H3,(H2,23,26)(H,24,25)/t19-/m0/s1. The van der Waals surface area contributed by atoms with Gasteiger partial charge in [-0.1, -0.05) is 48.2 Å². The first kappa shape index (κ1) is 19.5. The molecule has 2 aromatic rings. The van der Waals surface area contributed by atoms with E-state index >= 15 is 0 Å². The number of nitrogens with one attached hydrogen (secondary N) is 1. The third kappa shape index (κ3) is 4.02. The number of hydrogen-bond acceptors (Lipinski definition) is 6. The van der Waals surface area contributed by atoms with Crippen molar-refractivity contribution < 1.29 is 9.53 Å². The molecule has 0 radical (unpaired) electrons. The van der Waals surface area contributed by atoms with Gasteiger partial charge in [-0.3, -0.25) is 4.79 Å². The van der Waals surface area contributed by atoms with E-state index in [1.807, 2.05) is 42.5 Å². The van der Waals surface area contributed by atoms with Crippen molar-refractivity contribution >= 4 is 22.8 Å². The highest BCUT2D eigenvalue weighted by Crippen LogP contribution is 2.37. The van der Waals surface area contributed by atoms with Gasteiger partial charge in [-0.25, -0.2) is 4.99 Å². The zero-order valence-corrected chi connectivity index (χ0v) is 16.4. The Morgan fingerprint density at radius 2 is 2.00 bits per heavy atom. The monoisotopic (exact) mass is 392 g/mol. The molecule has 3 rings (SSSR count). The fraction of sp³-hybridized carbons (Fsp3) is 0.190. The fourth-order valence-corrected chi connectivity index (χ4v) is 4.01. The average Bonchev–Trinajstić information content (AvgIpc) is 2.71. The van der Waals surface area contributed by atoms with Crippen LogP contribution in [0.25, 0.3) is 0 Å². The van der Waals surface area contributed by atoms with Crippen molar-refractivity contribution in [3.8, 4) is 11.8 Å². The number of carbonyl (C=O) groups is 1. The fourth-order valence-electron chi connectivity index (χ4n) is 3.06. The number of carbonyl (C=O) groups excluding carboxylic acids is 1. The van der Waals surface area contributed by atoms with E-state index in [0.717, 1.165) is 11.1 Å². The van der Waals surface area contributed by atoms with Gasteiger partial charge in [0, 0.05) is 17.0 Å². The molecule has 0 saturated carbocycles. The van der Waals surface area contributed by atoms with Crippen LogP contribution >= 0.6 is 11.8 Å². The molecule has 0 bridgehead atoms. The van der Waals surface area contributed by atoms with E-state index in [1.54, 1.807) is 20.1 Å². The third-order valence-electron chi connectivity index (χ3n) is 4.42. The van der Waals surface area contributed by atoms with Gasteiger partial charge in [0.1, 0.15) is 11.8 Å². The Morgan fingerprint density at radius 1 is 1.29 bits per heavy atom. The number of hydrogen-bond donors (Lipinski definition) is 2. The Bertz CT molecular complexity index is 1010. The first-order chi connectivity index (χ1) is 13.5.